The summed E-state index contributed by atoms with van der Waals surface area (Å²) in [5, 5.41) is 3.03. The molecule has 0 aliphatic rings. The Labute approximate surface area is 132 Å². The predicted octanol–water partition coefficient (Wildman–Crippen LogP) is 4.39. The second kappa shape index (κ2) is 7.64. The van der Waals surface area contributed by atoms with Crippen LogP contribution in [0.15, 0.2) is 48.5 Å². The van der Waals surface area contributed by atoms with Gasteiger partial charge >= 0.3 is 0 Å². The van der Waals surface area contributed by atoms with Gasteiger partial charge in [-0.1, -0.05) is 50.2 Å². The summed E-state index contributed by atoms with van der Waals surface area (Å²) < 4.78 is 5.30. The van der Waals surface area contributed by atoms with Crippen molar-refractivity contribution in [2.45, 2.75) is 32.6 Å². The first-order valence-electron chi connectivity index (χ1n) is 7.66. The van der Waals surface area contributed by atoms with Gasteiger partial charge < -0.3 is 10.1 Å². The number of amides is 1. The lowest BCUT2D eigenvalue weighted by atomic mass is 9.97. The van der Waals surface area contributed by atoms with E-state index in [1.807, 2.05) is 42.5 Å². The van der Waals surface area contributed by atoms with Crippen molar-refractivity contribution < 1.29 is 9.53 Å². The quantitative estimate of drug-likeness (QED) is 0.858. The maximum Gasteiger partial charge on any atom is 0.228 e. The number of rotatable bonds is 6. The Bertz CT molecular complexity index is 637. The van der Waals surface area contributed by atoms with Crippen LogP contribution in [0.1, 0.15) is 37.3 Å². The summed E-state index contributed by atoms with van der Waals surface area (Å²) in [7, 11) is 1.62. The lowest BCUT2D eigenvalue weighted by molar-refractivity contribution is -0.115. The second-order valence-electron chi connectivity index (χ2n) is 5.43. The lowest BCUT2D eigenvalue weighted by Crippen LogP contribution is -2.16. The van der Waals surface area contributed by atoms with E-state index in [0.717, 1.165) is 23.4 Å². The zero-order valence-corrected chi connectivity index (χ0v) is 13.4. The molecule has 1 unspecified atom stereocenters. The van der Waals surface area contributed by atoms with E-state index in [2.05, 4.69) is 25.2 Å². The first-order chi connectivity index (χ1) is 10.7. The fraction of sp³-hybridized carbons (Fsp3) is 0.316. The van der Waals surface area contributed by atoms with E-state index in [9.17, 15) is 4.79 Å². The molecule has 0 spiro atoms. The number of carbonyl (C=O) groups is 1. The summed E-state index contributed by atoms with van der Waals surface area (Å²) in [5.74, 6) is 1.14. The highest BCUT2D eigenvalue weighted by molar-refractivity contribution is 5.93. The first kappa shape index (κ1) is 16.1. The van der Waals surface area contributed by atoms with Gasteiger partial charge in [-0.15, -0.1) is 0 Å². The molecule has 0 fully saturated rings. The van der Waals surface area contributed by atoms with Crippen molar-refractivity contribution in [3.8, 4) is 5.75 Å². The maximum atomic E-state index is 12.3. The number of anilines is 1. The normalized spacial score (nSPS) is 11.8. The van der Waals surface area contributed by atoms with Gasteiger partial charge in [-0.25, -0.2) is 0 Å². The van der Waals surface area contributed by atoms with Crippen LogP contribution in [-0.4, -0.2) is 13.0 Å². The van der Waals surface area contributed by atoms with E-state index >= 15 is 0 Å². The third kappa shape index (κ3) is 3.88. The van der Waals surface area contributed by atoms with Crippen LogP contribution in [0, 0.1) is 0 Å². The number of carbonyl (C=O) groups excluding carboxylic acids is 1. The van der Waals surface area contributed by atoms with Crippen LogP contribution in [0.3, 0.4) is 0 Å². The van der Waals surface area contributed by atoms with Gasteiger partial charge in [0.05, 0.1) is 13.5 Å². The minimum atomic E-state index is -0.0275. The Morgan fingerprint density at radius 2 is 1.82 bits per heavy atom. The van der Waals surface area contributed by atoms with E-state index in [0.29, 0.717) is 12.3 Å². The van der Waals surface area contributed by atoms with Crippen LogP contribution in [0.2, 0.25) is 0 Å². The number of methoxy groups -OCH3 is 1. The fourth-order valence-corrected chi connectivity index (χ4v) is 2.48. The van der Waals surface area contributed by atoms with E-state index in [4.69, 9.17) is 4.74 Å². The zero-order chi connectivity index (χ0) is 15.9. The molecule has 1 amide bonds. The number of hydrogen-bond acceptors (Lipinski definition) is 2. The van der Waals surface area contributed by atoms with Crippen molar-refractivity contribution in [3.05, 3.63) is 59.7 Å². The standard InChI is InChI=1S/C19H23NO2/c1-4-14(2)16-10-6-7-11-17(16)20-19(21)13-15-9-5-8-12-18(15)22-3/h5-12,14H,4,13H2,1-3H3,(H,20,21). The molecule has 2 aromatic carbocycles. The summed E-state index contributed by atoms with van der Waals surface area (Å²) in [6, 6.07) is 15.6. The molecule has 0 saturated carbocycles. The highest BCUT2D eigenvalue weighted by Crippen LogP contribution is 2.27. The van der Waals surface area contributed by atoms with Gasteiger partial charge in [-0.2, -0.15) is 0 Å². The minimum Gasteiger partial charge on any atom is -0.496 e. The SMILES string of the molecule is CCC(C)c1ccccc1NC(=O)Cc1ccccc1OC. The molecule has 116 valence electrons. The van der Waals surface area contributed by atoms with Crippen LogP contribution < -0.4 is 10.1 Å². The van der Waals surface area contributed by atoms with Crippen molar-refractivity contribution >= 4 is 11.6 Å². The molecule has 0 bridgehead atoms. The van der Waals surface area contributed by atoms with Gasteiger partial charge in [-0.05, 0) is 30.0 Å². The Morgan fingerprint density at radius 3 is 2.55 bits per heavy atom. The summed E-state index contributed by atoms with van der Waals surface area (Å²) in [6.45, 7) is 4.32. The molecule has 0 heterocycles. The summed E-state index contributed by atoms with van der Waals surface area (Å²) in [6.07, 6.45) is 1.35. The van der Waals surface area contributed by atoms with Crippen LogP contribution in [0.4, 0.5) is 5.69 Å². The molecule has 22 heavy (non-hydrogen) atoms. The smallest absolute Gasteiger partial charge is 0.228 e. The van der Waals surface area contributed by atoms with E-state index in [1.165, 1.54) is 5.56 Å². The van der Waals surface area contributed by atoms with Crippen LogP contribution >= 0.6 is 0 Å². The number of hydrogen-bond donors (Lipinski definition) is 1. The largest absolute Gasteiger partial charge is 0.496 e. The van der Waals surface area contributed by atoms with E-state index in [1.54, 1.807) is 7.11 Å². The van der Waals surface area contributed by atoms with E-state index < -0.39 is 0 Å². The Hall–Kier alpha value is -2.29. The summed E-state index contributed by atoms with van der Waals surface area (Å²) in [4.78, 5) is 12.3. The van der Waals surface area contributed by atoms with Crippen LogP contribution in [-0.2, 0) is 11.2 Å². The molecule has 0 aliphatic carbocycles. The molecule has 0 aromatic heterocycles. The van der Waals surface area contributed by atoms with Gasteiger partial charge in [0.1, 0.15) is 5.75 Å². The third-order valence-corrected chi connectivity index (χ3v) is 3.92. The Morgan fingerprint density at radius 1 is 1.14 bits per heavy atom. The van der Waals surface area contributed by atoms with Crippen molar-refractivity contribution in [1.82, 2.24) is 0 Å². The van der Waals surface area contributed by atoms with Crippen LogP contribution in [0.5, 0.6) is 5.75 Å². The molecule has 0 radical (unpaired) electrons. The molecular formula is C19H23NO2. The molecule has 0 saturated heterocycles. The second-order valence-corrected chi connectivity index (χ2v) is 5.43. The van der Waals surface area contributed by atoms with Crippen molar-refractivity contribution in [2.75, 3.05) is 12.4 Å². The van der Waals surface area contributed by atoms with Crippen molar-refractivity contribution in [2.24, 2.45) is 0 Å². The number of ether oxygens (including phenoxy) is 1. The monoisotopic (exact) mass is 297 g/mol. The highest BCUT2D eigenvalue weighted by atomic mass is 16.5. The van der Waals surface area contributed by atoms with Crippen molar-refractivity contribution in [1.29, 1.82) is 0 Å². The van der Waals surface area contributed by atoms with Gasteiger partial charge in [0.15, 0.2) is 0 Å². The fourth-order valence-electron chi connectivity index (χ4n) is 2.48. The molecular weight excluding hydrogens is 274 g/mol. The molecule has 2 aromatic rings. The summed E-state index contributed by atoms with van der Waals surface area (Å²) in [5.41, 5.74) is 2.97. The average Bonchev–Trinajstić information content (AvgIpc) is 2.55. The van der Waals surface area contributed by atoms with Gasteiger partial charge in [0.2, 0.25) is 5.91 Å². The third-order valence-electron chi connectivity index (χ3n) is 3.92. The number of para-hydroxylation sites is 2. The molecule has 2 rings (SSSR count). The highest BCUT2D eigenvalue weighted by Gasteiger charge is 2.12. The summed E-state index contributed by atoms with van der Waals surface area (Å²) >= 11 is 0. The van der Waals surface area contributed by atoms with Gasteiger partial charge in [0, 0.05) is 11.3 Å². The topological polar surface area (TPSA) is 38.3 Å². The molecule has 0 aliphatic heterocycles. The molecule has 3 nitrogen and oxygen atoms in total. The average molecular weight is 297 g/mol. The minimum absolute atomic E-state index is 0.0275. The van der Waals surface area contributed by atoms with Crippen LogP contribution in [0.25, 0.3) is 0 Å². The number of benzene rings is 2. The first-order valence-corrected chi connectivity index (χ1v) is 7.66. The van der Waals surface area contributed by atoms with Gasteiger partial charge in [0.25, 0.3) is 0 Å². The van der Waals surface area contributed by atoms with Crippen molar-refractivity contribution in [3.63, 3.8) is 0 Å². The molecule has 1 atom stereocenters. The Kier molecular flexibility index (Phi) is 5.59. The number of nitrogens with one attached hydrogen (secondary N) is 1. The lowest BCUT2D eigenvalue weighted by Gasteiger charge is -2.16. The van der Waals surface area contributed by atoms with E-state index in [-0.39, 0.29) is 5.91 Å². The molecule has 1 N–H and O–H groups in total. The Balaban J connectivity index is 2.13. The maximum absolute atomic E-state index is 12.3. The predicted molar refractivity (Wildman–Crippen MR) is 90.5 cm³/mol. The zero-order valence-electron chi connectivity index (χ0n) is 13.4. The van der Waals surface area contributed by atoms with Gasteiger partial charge in [-0.3, -0.25) is 4.79 Å². The molecule has 3 heteroatoms.